The van der Waals surface area contributed by atoms with Crippen molar-refractivity contribution >= 4 is 5.91 Å². The van der Waals surface area contributed by atoms with Gasteiger partial charge >= 0.3 is 0 Å². The standard InChI is InChI=1S/C17H17FN4O3/c1-21(10-16-3-2-8-24-16)17(23)11-22-9-14(19-20-22)12-25-15-6-4-13(18)5-7-15/h2-9H,10-12H2,1H3. The Morgan fingerprint density at radius 2 is 2.12 bits per heavy atom. The third-order valence-electron chi connectivity index (χ3n) is 3.48. The van der Waals surface area contributed by atoms with Crippen molar-refractivity contribution in [3.8, 4) is 5.75 Å². The highest BCUT2D eigenvalue weighted by atomic mass is 19.1. The van der Waals surface area contributed by atoms with Crippen LogP contribution in [-0.2, 0) is 24.5 Å². The molecule has 0 N–H and O–H groups in total. The largest absolute Gasteiger partial charge is 0.487 e. The van der Waals surface area contributed by atoms with Crippen molar-refractivity contribution in [2.24, 2.45) is 0 Å². The normalized spacial score (nSPS) is 10.6. The van der Waals surface area contributed by atoms with Crippen LogP contribution in [0.5, 0.6) is 5.75 Å². The molecule has 0 bridgehead atoms. The van der Waals surface area contributed by atoms with E-state index in [-0.39, 0.29) is 24.9 Å². The van der Waals surface area contributed by atoms with Crippen molar-refractivity contribution in [3.05, 3.63) is 66.1 Å². The Hall–Kier alpha value is -3.16. The molecule has 3 aromatic rings. The number of amides is 1. The molecule has 130 valence electrons. The maximum Gasteiger partial charge on any atom is 0.244 e. The second kappa shape index (κ2) is 7.61. The molecule has 0 radical (unpaired) electrons. The molecule has 7 nitrogen and oxygen atoms in total. The number of ether oxygens (including phenoxy) is 1. The van der Waals surface area contributed by atoms with Gasteiger partial charge in [-0.25, -0.2) is 9.07 Å². The average Bonchev–Trinajstić information content (AvgIpc) is 3.26. The quantitative estimate of drug-likeness (QED) is 0.657. The van der Waals surface area contributed by atoms with Gasteiger partial charge in [0.2, 0.25) is 5.91 Å². The Bertz CT molecular complexity index is 815. The Morgan fingerprint density at radius 3 is 2.84 bits per heavy atom. The number of carbonyl (C=O) groups is 1. The van der Waals surface area contributed by atoms with Crippen molar-refractivity contribution in [1.82, 2.24) is 19.9 Å². The monoisotopic (exact) mass is 344 g/mol. The molecular formula is C17H17FN4O3. The highest BCUT2D eigenvalue weighted by Crippen LogP contribution is 2.12. The van der Waals surface area contributed by atoms with Crippen LogP contribution in [0.1, 0.15) is 11.5 Å². The van der Waals surface area contributed by atoms with Gasteiger partial charge in [-0.2, -0.15) is 0 Å². The maximum absolute atomic E-state index is 12.8. The van der Waals surface area contributed by atoms with Gasteiger partial charge in [0.1, 0.15) is 36.2 Å². The lowest BCUT2D eigenvalue weighted by Gasteiger charge is -2.15. The molecule has 0 saturated heterocycles. The molecule has 2 heterocycles. The van der Waals surface area contributed by atoms with Gasteiger partial charge in [-0.15, -0.1) is 5.10 Å². The van der Waals surface area contributed by atoms with Gasteiger partial charge in [-0.3, -0.25) is 4.79 Å². The van der Waals surface area contributed by atoms with Gasteiger partial charge < -0.3 is 14.1 Å². The molecule has 3 rings (SSSR count). The van der Waals surface area contributed by atoms with E-state index in [2.05, 4.69) is 10.3 Å². The topological polar surface area (TPSA) is 73.4 Å². The van der Waals surface area contributed by atoms with Gasteiger partial charge in [0.15, 0.2) is 0 Å². The second-order valence-corrected chi connectivity index (χ2v) is 5.48. The first-order valence-electron chi connectivity index (χ1n) is 7.64. The molecule has 0 spiro atoms. The van der Waals surface area contributed by atoms with E-state index in [1.807, 2.05) is 6.07 Å². The van der Waals surface area contributed by atoms with Crippen molar-refractivity contribution in [1.29, 1.82) is 0 Å². The molecule has 0 fully saturated rings. The molecule has 0 unspecified atom stereocenters. The van der Waals surface area contributed by atoms with Crippen LogP contribution < -0.4 is 4.74 Å². The zero-order valence-corrected chi connectivity index (χ0v) is 13.6. The first-order valence-corrected chi connectivity index (χ1v) is 7.64. The van der Waals surface area contributed by atoms with E-state index in [1.165, 1.54) is 28.9 Å². The molecule has 2 aromatic heterocycles. The highest BCUT2D eigenvalue weighted by molar-refractivity contribution is 5.75. The second-order valence-electron chi connectivity index (χ2n) is 5.48. The van der Waals surface area contributed by atoms with Gasteiger partial charge in [0.25, 0.3) is 0 Å². The first kappa shape index (κ1) is 16.7. The SMILES string of the molecule is CN(Cc1ccco1)C(=O)Cn1cc(COc2ccc(F)cc2)nn1. The minimum Gasteiger partial charge on any atom is -0.487 e. The Kier molecular flexibility index (Phi) is 5.08. The van der Waals surface area contributed by atoms with E-state index in [0.29, 0.717) is 23.7 Å². The lowest BCUT2D eigenvalue weighted by molar-refractivity contribution is -0.131. The predicted molar refractivity (Wildman–Crippen MR) is 85.9 cm³/mol. The molecule has 0 aliphatic rings. The Balaban J connectivity index is 1.50. The van der Waals surface area contributed by atoms with Crippen molar-refractivity contribution in [2.45, 2.75) is 19.7 Å². The minimum absolute atomic E-state index is 0.0702. The van der Waals surface area contributed by atoms with Crippen LogP contribution in [0.15, 0.2) is 53.3 Å². The van der Waals surface area contributed by atoms with Crippen LogP contribution in [0.25, 0.3) is 0 Å². The molecule has 1 amide bonds. The number of hydrogen-bond donors (Lipinski definition) is 0. The summed E-state index contributed by atoms with van der Waals surface area (Å²) in [5, 5.41) is 7.88. The van der Waals surface area contributed by atoms with E-state index in [1.54, 1.807) is 30.5 Å². The molecule has 0 aliphatic heterocycles. The minimum atomic E-state index is -0.324. The van der Waals surface area contributed by atoms with E-state index in [4.69, 9.17) is 9.15 Å². The summed E-state index contributed by atoms with van der Waals surface area (Å²) in [6, 6.07) is 9.29. The maximum atomic E-state index is 12.8. The van der Waals surface area contributed by atoms with E-state index >= 15 is 0 Å². The van der Waals surface area contributed by atoms with Crippen molar-refractivity contribution < 1.29 is 18.3 Å². The average molecular weight is 344 g/mol. The van der Waals surface area contributed by atoms with E-state index in [0.717, 1.165) is 0 Å². The summed E-state index contributed by atoms with van der Waals surface area (Å²) in [7, 11) is 1.69. The number of benzene rings is 1. The molecule has 1 aromatic carbocycles. The van der Waals surface area contributed by atoms with Crippen LogP contribution in [0.4, 0.5) is 4.39 Å². The van der Waals surface area contributed by atoms with Crippen molar-refractivity contribution in [3.63, 3.8) is 0 Å². The van der Waals surface area contributed by atoms with Crippen molar-refractivity contribution in [2.75, 3.05) is 7.05 Å². The molecule has 0 atom stereocenters. The van der Waals surface area contributed by atoms with Gasteiger partial charge in [-0.05, 0) is 36.4 Å². The third kappa shape index (κ3) is 4.66. The number of aromatic nitrogens is 3. The third-order valence-corrected chi connectivity index (χ3v) is 3.48. The Labute approximate surface area is 143 Å². The van der Waals surface area contributed by atoms with Crippen LogP contribution in [0, 0.1) is 5.82 Å². The number of rotatable bonds is 7. The number of carbonyl (C=O) groups excluding carboxylic acids is 1. The van der Waals surface area contributed by atoms with Gasteiger partial charge in [0.05, 0.1) is 19.0 Å². The van der Waals surface area contributed by atoms with Gasteiger partial charge in [0, 0.05) is 7.05 Å². The summed E-state index contributed by atoms with van der Waals surface area (Å²) in [4.78, 5) is 13.7. The smallest absolute Gasteiger partial charge is 0.244 e. The predicted octanol–water partition coefficient (Wildman–Crippen LogP) is 2.25. The number of furan rings is 1. The fourth-order valence-electron chi connectivity index (χ4n) is 2.15. The van der Waals surface area contributed by atoms with Crippen LogP contribution >= 0.6 is 0 Å². The van der Waals surface area contributed by atoms with E-state index in [9.17, 15) is 9.18 Å². The summed E-state index contributed by atoms with van der Waals surface area (Å²) >= 11 is 0. The lowest BCUT2D eigenvalue weighted by Crippen LogP contribution is -2.29. The summed E-state index contributed by atoms with van der Waals surface area (Å²) in [5.41, 5.74) is 0.575. The number of halogens is 1. The van der Waals surface area contributed by atoms with Crippen LogP contribution in [-0.4, -0.2) is 32.8 Å². The molecule has 0 saturated carbocycles. The lowest BCUT2D eigenvalue weighted by atomic mass is 10.3. The molecule has 0 aliphatic carbocycles. The molecule has 8 heteroatoms. The fraction of sp³-hybridized carbons (Fsp3) is 0.235. The molecule has 25 heavy (non-hydrogen) atoms. The highest BCUT2D eigenvalue weighted by Gasteiger charge is 2.13. The van der Waals surface area contributed by atoms with Crippen LogP contribution in [0.3, 0.4) is 0 Å². The summed E-state index contributed by atoms with van der Waals surface area (Å²) in [5.74, 6) is 0.802. The van der Waals surface area contributed by atoms with Crippen LogP contribution in [0.2, 0.25) is 0 Å². The number of likely N-dealkylation sites (N-methyl/N-ethyl adjacent to an activating group) is 1. The van der Waals surface area contributed by atoms with E-state index < -0.39 is 0 Å². The number of hydrogen-bond acceptors (Lipinski definition) is 5. The fourth-order valence-corrected chi connectivity index (χ4v) is 2.15. The first-order chi connectivity index (χ1) is 12.1. The molecular weight excluding hydrogens is 327 g/mol. The zero-order chi connectivity index (χ0) is 17.6. The van der Waals surface area contributed by atoms with Gasteiger partial charge in [-0.1, -0.05) is 5.21 Å². The summed E-state index contributed by atoms with van der Waals surface area (Å²) in [6.45, 7) is 0.643. The Morgan fingerprint density at radius 1 is 1.32 bits per heavy atom. The number of nitrogens with zero attached hydrogens (tertiary/aromatic N) is 4. The summed E-state index contributed by atoms with van der Waals surface area (Å²) in [6.07, 6.45) is 3.21. The summed E-state index contributed by atoms with van der Waals surface area (Å²) < 4.78 is 25.0. The zero-order valence-electron chi connectivity index (χ0n) is 13.6.